The van der Waals surface area contributed by atoms with E-state index in [1.807, 2.05) is 0 Å². The molecule has 2 saturated heterocycles. The van der Waals surface area contributed by atoms with Gasteiger partial charge in [-0.25, -0.2) is 9.59 Å². The van der Waals surface area contributed by atoms with E-state index in [0.717, 1.165) is 48.7 Å². The highest BCUT2D eigenvalue weighted by atomic mass is 16.7. The molecule has 2 aliphatic heterocycles. The van der Waals surface area contributed by atoms with Crippen LogP contribution in [0.3, 0.4) is 0 Å². The number of hydroxylamine groups is 4. The fourth-order valence-corrected chi connectivity index (χ4v) is 2.65. The summed E-state index contributed by atoms with van der Waals surface area (Å²) in [6.45, 7) is 0.772. The van der Waals surface area contributed by atoms with E-state index in [4.69, 9.17) is 9.68 Å². The summed E-state index contributed by atoms with van der Waals surface area (Å²) in [5, 5.41) is 2.16. The zero-order valence-electron chi connectivity index (χ0n) is 13.8. The van der Waals surface area contributed by atoms with Gasteiger partial charge in [-0.15, -0.1) is 0 Å². The van der Waals surface area contributed by atoms with Crippen molar-refractivity contribution in [1.29, 1.82) is 0 Å². The van der Waals surface area contributed by atoms with Gasteiger partial charge in [-0.2, -0.15) is 10.1 Å². The maximum atomic E-state index is 11.8. The molecule has 0 N–H and O–H groups in total. The number of hydrogen-bond donors (Lipinski definition) is 0. The number of amides is 2. The SMILES string of the molecule is O=C(CCC(=O)ON1CCCCCC1=O)ON1CCCCCC1=O. The Balaban J connectivity index is 1.71. The third-order valence-electron chi connectivity index (χ3n) is 4.02. The normalized spacial score (nSPS) is 19.5. The van der Waals surface area contributed by atoms with Crippen molar-refractivity contribution in [3.8, 4) is 0 Å². The molecule has 2 fully saturated rings. The minimum absolute atomic E-state index is 0.190. The molecular formula is C16H24N2O6. The van der Waals surface area contributed by atoms with Crippen LogP contribution in [0.2, 0.25) is 0 Å². The van der Waals surface area contributed by atoms with Crippen LogP contribution in [0.4, 0.5) is 0 Å². The number of hydrogen-bond acceptors (Lipinski definition) is 6. The second kappa shape index (κ2) is 9.24. The van der Waals surface area contributed by atoms with E-state index in [9.17, 15) is 19.2 Å². The van der Waals surface area contributed by atoms with Gasteiger partial charge < -0.3 is 9.68 Å². The van der Waals surface area contributed by atoms with Crippen LogP contribution in [0.5, 0.6) is 0 Å². The number of nitrogens with zero attached hydrogens (tertiary/aromatic N) is 2. The first-order valence-corrected chi connectivity index (χ1v) is 8.58. The molecule has 2 amide bonds. The quantitative estimate of drug-likeness (QED) is 0.753. The van der Waals surface area contributed by atoms with Gasteiger partial charge in [-0.05, 0) is 25.7 Å². The Morgan fingerprint density at radius 1 is 0.708 bits per heavy atom. The number of carbonyl (C=O) groups excluding carboxylic acids is 4. The monoisotopic (exact) mass is 340 g/mol. The molecule has 0 atom stereocenters. The van der Waals surface area contributed by atoms with Gasteiger partial charge in [0.15, 0.2) is 0 Å². The molecule has 0 radical (unpaired) electrons. The maximum Gasteiger partial charge on any atom is 0.333 e. The van der Waals surface area contributed by atoms with Crippen molar-refractivity contribution in [2.75, 3.05) is 13.1 Å². The zero-order valence-corrected chi connectivity index (χ0v) is 13.8. The molecule has 0 aromatic rings. The summed E-state index contributed by atoms with van der Waals surface area (Å²) in [7, 11) is 0. The van der Waals surface area contributed by atoms with E-state index in [1.165, 1.54) is 0 Å². The fraction of sp³-hybridized carbons (Fsp3) is 0.750. The highest BCUT2D eigenvalue weighted by Crippen LogP contribution is 2.14. The van der Waals surface area contributed by atoms with Crippen LogP contribution < -0.4 is 0 Å². The largest absolute Gasteiger partial charge is 0.338 e. The molecule has 8 heteroatoms. The Morgan fingerprint density at radius 2 is 1.12 bits per heavy atom. The summed E-state index contributed by atoms with van der Waals surface area (Å²) in [5.41, 5.74) is 0. The first kappa shape index (κ1) is 18.2. The second-order valence-electron chi connectivity index (χ2n) is 6.04. The molecule has 0 saturated carbocycles. The predicted molar refractivity (Wildman–Crippen MR) is 81.8 cm³/mol. The lowest BCUT2D eigenvalue weighted by Gasteiger charge is -2.20. The Bertz CT molecular complexity index is 449. The highest BCUT2D eigenvalue weighted by molar-refractivity contribution is 5.81. The van der Waals surface area contributed by atoms with E-state index in [1.54, 1.807) is 0 Å². The molecular weight excluding hydrogens is 316 g/mol. The van der Waals surface area contributed by atoms with Crippen LogP contribution in [-0.2, 0) is 28.9 Å². The summed E-state index contributed by atoms with van der Waals surface area (Å²) in [4.78, 5) is 57.1. The highest BCUT2D eigenvalue weighted by Gasteiger charge is 2.23. The van der Waals surface area contributed by atoms with Crippen LogP contribution in [0.25, 0.3) is 0 Å². The average molecular weight is 340 g/mol. The van der Waals surface area contributed by atoms with Gasteiger partial charge in [-0.3, -0.25) is 9.59 Å². The van der Waals surface area contributed by atoms with E-state index in [2.05, 4.69) is 0 Å². The van der Waals surface area contributed by atoms with Crippen LogP contribution in [-0.4, -0.2) is 47.0 Å². The lowest BCUT2D eigenvalue weighted by Crippen LogP contribution is -2.34. The van der Waals surface area contributed by atoms with Crippen LogP contribution >= 0.6 is 0 Å². The van der Waals surface area contributed by atoms with Crippen LogP contribution in [0, 0.1) is 0 Å². The molecule has 2 heterocycles. The van der Waals surface area contributed by atoms with Gasteiger partial charge in [0.1, 0.15) is 0 Å². The molecule has 0 unspecified atom stereocenters. The molecule has 0 spiro atoms. The predicted octanol–water partition coefficient (Wildman–Crippen LogP) is 1.49. The average Bonchev–Trinajstić information content (AvgIpc) is 2.87. The first-order chi connectivity index (χ1) is 11.6. The Hall–Kier alpha value is -2.12. The molecule has 24 heavy (non-hydrogen) atoms. The van der Waals surface area contributed by atoms with Gasteiger partial charge in [0.05, 0.1) is 25.9 Å². The minimum atomic E-state index is -0.649. The standard InChI is InChI=1S/C16H24N2O6/c19-13-7-3-1-5-11-17(13)23-15(21)9-10-16(22)24-18-12-6-2-4-8-14(18)20/h1-12H2. The maximum absolute atomic E-state index is 11.8. The Kier molecular flexibility index (Phi) is 7.02. The van der Waals surface area contributed by atoms with Crippen LogP contribution in [0.15, 0.2) is 0 Å². The number of rotatable bonds is 5. The van der Waals surface area contributed by atoms with Crippen molar-refractivity contribution < 1.29 is 28.9 Å². The Morgan fingerprint density at radius 3 is 1.54 bits per heavy atom. The molecule has 0 bridgehead atoms. The molecule has 134 valence electrons. The molecule has 0 aliphatic carbocycles. The van der Waals surface area contributed by atoms with Crippen molar-refractivity contribution in [2.24, 2.45) is 0 Å². The van der Waals surface area contributed by atoms with Gasteiger partial charge in [-0.1, -0.05) is 12.8 Å². The van der Waals surface area contributed by atoms with Gasteiger partial charge in [0.2, 0.25) is 0 Å². The lowest BCUT2D eigenvalue weighted by atomic mass is 10.2. The third-order valence-corrected chi connectivity index (χ3v) is 4.02. The zero-order chi connectivity index (χ0) is 17.4. The van der Waals surface area contributed by atoms with Gasteiger partial charge in [0.25, 0.3) is 11.8 Å². The van der Waals surface area contributed by atoms with E-state index in [-0.39, 0.29) is 24.7 Å². The lowest BCUT2D eigenvalue weighted by molar-refractivity contribution is -0.202. The van der Waals surface area contributed by atoms with E-state index >= 15 is 0 Å². The molecule has 2 aliphatic rings. The fourth-order valence-electron chi connectivity index (χ4n) is 2.65. The van der Waals surface area contributed by atoms with Crippen molar-refractivity contribution in [2.45, 2.75) is 64.2 Å². The summed E-state index contributed by atoms with van der Waals surface area (Å²) in [6.07, 6.45) is 5.38. The van der Waals surface area contributed by atoms with E-state index in [0.29, 0.717) is 25.9 Å². The molecule has 2 rings (SSSR count). The molecule has 0 aromatic carbocycles. The molecule has 8 nitrogen and oxygen atoms in total. The summed E-state index contributed by atoms with van der Waals surface area (Å²) in [5.74, 6) is -1.72. The summed E-state index contributed by atoms with van der Waals surface area (Å²) >= 11 is 0. The van der Waals surface area contributed by atoms with Crippen molar-refractivity contribution in [3.63, 3.8) is 0 Å². The summed E-state index contributed by atoms with van der Waals surface area (Å²) < 4.78 is 0. The Labute approximate surface area is 141 Å². The van der Waals surface area contributed by atoms with Crippen molar-refractivity contribution >= 4 is 23.8 Å². The van der Waals surface area contributed by atoms with Gasteiger partial charge in [0, 0.05) is 12.8 Å². The molecule has 0 aromatic heterocycles. The van der Waals surface area contributed by atoms with Crippen molar-refractivity contribution in [3.05, 3.63) is 0 Å². The number of carbonyl (C=O) groups is 4. The van der Waals surface area contributed by atoms with Gasteiger partial charge >= 0.3 is 11.9 Å². The van der Waals surface area contributed by atoms with E-state index < -0.39 is 11.9 Å². The summed E-state index contributed by atoms with van der Waals surface area (Å²) in [6, 6.07) is 0. The third kappa shape index (κ3) is 5.82. The minimum Gasteiger partial charge on any atom is -0.338 e. The smallest absolute Gasteiger partial charge is 0.333 e. The van der Waals surface area contributed by atoms with Crippen molar-refractivity contribution in [1.82, 2.24) is 10.1 Å². The van der Waals surface area contributed by atoms with Crippen LogP contribution in [0.1, 0.15) is 64.2 Å². The topological polar surface area (TPSA) is 93.2 Å². The second-order valence-corrected chi connectivity index (χ2v) is 6.04. The first-order valence-electron chi connectivity index (χ1n) is 8.58.